The first-order valence-electron chi connectivity index (χ1n) is 8.05. The lowest BCUT2D eigenvalue weighted by Crippen LogP contribution is -2.33. The van der Waals surface area contributed by atoms with Gasteiger partial charge in [-0.2, -0.15) is 0 Å². The fourth-order valence-electron chi connectivity index (χ4n) is 2.55. The Kier molecular flexibility index (Phi) is 5.20. The summed E-state index contributed by atoms with van der Waals surface area (Å²) < 4.78 is 0. The van der Waals surface area contributed by atoms with Crippen LogP contribution >= 0.6 is 11.8 Å². The van der Waals surface area contributed by atoms with Crippen LogP contribution in [0.1, 0.15) is 25.7 Å². The summed E-state index contributed by atoms with van der Waals surface area (Å²) in [5.41, 5.74) is 1.91. The van der Waals surface area contributed by atoms with Crippen LogP contribution in [0.25, 0.3) is 11.0 Å². The lowest BCUT2D eigenvalue weighted by molar-refractivity contribution is -0.119. The zero-order valence-electron chi connectivity index (χ0n) is 13.8. The number of hydrogen-bond donors (Lipinski definition) is 2. The third-order valence-electron chi connectivity index (χ3n) is 3.80. The lowest BCUT2D eigenvalue weighted by atomic mass is 10.0. The predicted molar refractivity (Wildman–Crippen MR) is 99.0 cm³/mol. The summed E-state index contributed by atoms with van der Waals surface area (Å²) in [4.78, 5) is 21.4. The van der Waals surface area contributed by atoms with Gasteiger partial charge in [0.2, 0.25) is 5.91 Å². The first kappa shape index (κ1) is 16.6. The first-order chi connectivity index (χ1) is 11.6. The van der Waals surface area contributed by atoms with Crippen molar-refractivity contribution in [1.82, 2.24) is 15.3 Å². The minimum Gasteiger partial charge on any atom is -0.345 e. The van der Waals surface area contributed by atoms with Gasteiger partial charge in [-0.15, -0.1) is 11.8 Å². The van der Waals surface area contributed by atoms with E-state index in [2.05, 4.69) is 29.1 Å². The molecule has 1 heterocycles. The molecular weight excluding hydrogens is 318 g/mol. The summed E-state index contributed by atoms with van der Waals surface area (Å²) in [6.45, 7) is 4.17. The van der Waals surface area contributed by atoms with Gasteiger partial charge in [-0.3, -0.25) is 4.79 Å². The van der Waals surface area contributed by atoms with Crippen molar-refractivity contribution in [2.24, 2.45) is 5.92 Å². The van der Waals surface area contributed by atoms with E-state index < -0.39 is 0 Å². The quantitative estimate of drug-likeness (QED) is 0.663. The van der Waals surface area contributed by atoms with Gasteiger partial charge in [0, 0.05) is 4.90 Å². The number of H-pyrrole nitrogens is 1. The van der Waals surface area contributed by atoms with Crippen LogP contribution in [0.4, 0.5) is 0 Å². The van der Waals surface area contributed by atoms with Gasteiger partial charge in [-0.05, 0) is 30.2 Å². The van der Waals surface area contributed by atoms with E-state index in [1.807, 2.05) is 54.6 Å². The van der Waals surface area contributed by atoms with Crippen molar-refractivity contribution in [2.45, 2.75) is 24.8 Å². The number of thioether (sulfide) groups is 1. The van der Waals surface area contributed by atoms with Crippen LogP contribution in [-0.2, 0) is 4.79 Å². The number of aromatic nitrogens is 2. The highest BCUT2D eigenvalue weighted by atomic mass is 32.2. The van der Waals surface area contributed by atoms with Gasteiger partial charge in [-0.1, -0.05) is 44.2 Å². The minimum absolute atomic E-state index is 0.0167. The van der Waals surface area contributed by atoms with E-state index in [4.69, 9.17) is 0 Å². The molecule has 1 unspecified atom stereocenters. The number of amides is 1. The van der Waals surface area contributed by atoms with Gasteiger partial charge in [0.25, 0.3) is 0 Å². The van der Waals surface area contributed by atoms with E-state index in [1.165, 1.54) is 11.8 Å². The number of fused-ring (bicyclic) bond motifs is 1. The molecule has 0 bridgehead atoms. The van der Waals surface area contributed by atoms with E-state index >= 15 is 0 Å². The van der Waals surface area contributed by atoms with Crippen molar-refractivity contribution in [3.8, 4) is 0 Å². The number of nitrogens with one attached hydrogen (secondary N) is 2. The summed E-state index contributed by atoms with van der Waals surface area (Å²) >= 11 is 1.54. The molecule has 0 saturated carbocycles. The summed E-state index contributed by atoms with van der Waals surface area (Å²) in [6.07, 6.45) is 0. The molecule has 0 saturated heterocycles. The van der Waals surface area contributed by atoms with Gasteiger partial charge in [-0.25, -0.2) is 4.98 Å². The SMILES string of the molecule is CC(C)C(NC(=O)CSc1ccccc1)c1nc2ccccc2[nH]1. The van der Waals surface area contributed by atoms with Gasteiger partial charge in [0.1, 0.15) is 5.82 Å². The molecule has 0 aliphatic heterocycles. The molecule has 24 heavy (non-hydrogen) atoms. The van der Waals surface area contributed by atoms with Crippen LogP contribution in [0.5, 0.6) is 0 Å². The summed E-state index contributed by atoms with van der Waals surface area (Å²) in [5, 5.41) is 3.11. The monoisotopic (exact) mass is 339 g/mol. The van der Waals surface area contributed by atoms with Crippen molar-refractivity contribution in [1.29, 1.82) is 0 Å². The smallest absolute Gasteiger partial charge is 0.230 e. The number of benzene rings is 2. The highest BCUT2D eigenvalue weighted by Crippen LogP contribution is 2.23. The van der Waals surface area contributed by atoms with E-state index in [0.717, 1.165) is 21.8 Å². The van der Waals surface area contributed by atoms with Gasteiger partial charge < -0.3 is 10.3 Å². The molecule has 1 amide bonds. The Labute approximate surface area is 146 Å². The van der Waals surface area contributed by atoms with Crippen molar-refractivity contribution in [3.63, 3.8) is 0 Å². The molecule has 1 atom stereocenters. The molecule has 124 valence electrons. The predicted octanol–water partition coefficient (Wildman–Crippen LogP) is 4.17. The van der Waals surface area contributed by atoms with Gasteiger partial charge in [0.05, 0.1) is 22.8 Å². The molecular formula is C19H21N3OS. The lowest BCUT2D eigenvalue weighted by Gasteiger charge is -2.20. The highest BCUT2D eigenvalue weighted by molar-refractivity contribution is 8.00. The molecule has 1 aromatic heterocycles. The number of carbonyl (C=O) groups excluding carboxylic acids is 1. The Morgan fingerprint density at radius 3 is 2.54 bits per heavy atom. The van der Waals surface area contributed by atoms with Crippen LogP contribution in [0.3, 0.4) is 0 Å². The fraction of sp³-hybridized carbons (Fsp3) is 0.263. The van der Waals surface area contributed by atoms with E-state index in [0.29, 0.717) is 5.75 Å². The molecule has 4 nitrogen and oxygen atoms in total. The van der Waals surface area contributed by atoms with E-state index in [9.17, 15) is 4.79 Å². The van der Waals surface area contributed by atoms with Crippen LogP contribution in [-0.4, -0.2) is 21.6 Å². The Bertz CT molecular complexity index is 781. The zero-order chi connectivity index (χ0) is 16.9. The fourth-order valence-corrected chi connectivity index (χ4v) is 3.28. The Morgan fingerprint density at radius 2 is 1.83 bits per heavy atom. The highest BCUT2D eigenvalue weighted by Gasteiger charge is 2.21. The largest absolute Gasteiger partial charge is 0.345 e. The molecule has 0 aliphatic rings. The average molecular weight is 339 g/mol. The maximum Gasteiger partial charge on any atom is 0.230 e. The number of hydrogen-bond acceptors (Lipinski definition) is 3. The Balaban J connectivity index is 1.68. The third kappa shape index (κ3) is 3.97. The summed E-state index contributed by atoms with van der Waals surface area (Å²) in [5.74, 6) is 1.47. The average Bonchev–Trinajstić information content (AvgIpc) is 3.02. The molecule has 3 rings (SSSR count). The van der Waals surface area contributed by atoms with Crippen molar-refractivity contribution >= 4 is 28.7 Å². The van der Waals surface area contributed by atoms with Crippen LogP contribution in [0.2, 0.25) is 0 Å². The van der Waals surface area contributed by atoms with Crippen molar-refractivity contribution in [2.75, 3.05) is 5.75 Å². The maximum atomic E-state index is 12.3. The third-order valence-corrected chi connectivity index (χ3v) is 4.81. The van der Waals surface area contributed by atoms with E-state index in [-0.39, 0.29) is 17.9 Å². The molecule has 2 N–H and O–H groups in total. The number of imidazole rings is 1. The zero-order valence-corrected chi connectivity index (χ0v) is 14.6. The minimum atomic E-state index is -0.124. The molecule has 0 aliphatic carbocycles. The maximum absolute atomic E-state index is 12.3. The molecule has 0 radical (unpaired) electrons. The number of aromatic amines is 1. The van der Waals surface area contributed by atoms with Crippen LogP contribution in [0, 0.1) is 5.92 Å². The van der Waals surface area contributed by atoms with Crippen molar-refractivity contribution < 1.29 is 4.79 Å². The summed E-state index contributed by atoms with van der Waals surface area (Å²) in [7, 11) is 0. The molecule has 2 aromatic carbocycles. The van der Waals surface area contributed by atoms with Crippen LogP contribution in [0.15, 0.2) is 59.5 Å². The topological polar surface area (TPSA) is 57.8 Å². The van der Waals surface area contributed by atoms with Gasteiger partial charge in [0.15, 0.2) is 0 Å². The number of nitrogens with zero attached hydrogens (tertiary/aromatic N) is 1. The summed E-state index contributed by atoms with van der Waals surface area (Å²) in [6, 6.07) is 17.7. The second-order valence-corrected chi connectivity index (χ2v) is 7.08. The molecule has 0 fully saturated rings. The van der Waals surface area contributed by atoms with Crippen molar-refractivity contribution in [3.05, 3.63) is 60.4 Å². The number of carbonyl (C=O) groups is 1. The normalized spacial score (nSPS) is 12.5. The molecule has 5 heteroatoms. The van der Waals surface area contributed by atoms with E-state index in [1.54, 1.807) is 0 Å². The molecule has 3 aromatic rings. The standard InChI is InChI=1S/C19H21N3OS/c1-13(2)18(19-20-15-10-6-7-11-16(15)21-19)22-17(23)12-24-14-8-4-3-5-9-14/h3-11,13,18H,12H2,1-2H3,(H,20,21)(H,22,23). The second kappa shape index (κ2) is 7.53. The second-order valence-electron chi connectivity index (χ2n) is 6.03. The molecule has 0 spiro atoms. The van der Waals surface area contributed by atoms with Gasteiger partial charge >= 0.3 is 0 Å². The number of rotatable bonds is 6. The van der Waals surface area contributed by atoms with Crippen LogP contribution < -0.4 is 5.32 Å². The number of para-hydroxylation sites is 2. The Hall–Kier alpha value is -2.27. The first-order valence-corrected chi connectivity index (χ1v) is 9.04. The Morgan fingerprint density at radius 1 is 1.12 bits per heavy atom.